The maximum Gasteiger partial charge on any atom is 0.354 e. The van der Waals surface area contributed by atoms with Crippen molar-refractivity contribution in [2.75, 3.05) is 5.73 Å². The first-order valence-electron chi connectivity index (χ1n) is 8.98. The molecule has 0 radical (unpaired) electrons. The number of fused-ring (bicyclic) bond motifs is 1. The fourth-order valence-corrected chi connectivity index (χ4v) is 4.30. The molecule has 148 valence electrons. The number of aryl methyl sites for hydroxylation is 1. The van der Waals surface area contributed by atoms with E-state index in [4.69, 9.17) is 17.3 Å². The molecule has 9 heteroatoms. The summed E-state index contributed by atoms with van der Waals surface area (Å²) in [5.74, 6) is -0.552. The van der Waals surface area contributed by atoms with E-state index in [2.05, 4.69) is 17.0 Å². The molecule has 1 aromatic carbocycles. The van der Waals surface area contributed by atoms with Crippen molar-refractivity contribution in [2.24, 2.45) is 0 Å². The second kappa shape index (κ2) is 7.81. The van der Waals surface area contributed by atoms with Crippen LogP contribution in [0.25, 0.3) is 16.6 Å². The Morgan fingerprint density at radius 3 is 2.90 bits per heavy atom. The number of carboxylic acids is 1. The molecule has 3 aromatic heterocycles. The Labute approximate surface area is 176 Å². The van der Waals surface area contributed by atoms with Crippen LogP contribution in [0.3, 0.4) is 0 Å². The van der Waals surface area contributed by atoms with Gasteiger partial charge in [-0.1, -0.05) is 42.4 Å². The van der Waals surface area contributed by atoms with Crippen LogP contribution in [0, 0.1) is 0 Å². The number of benzene rings is 1. The third-order valence-corrected chi connectivity index (χ3v) is 5.70. The first kappa shape index (κ1) is 19.4. The number of anilines is 1. The summed E-state index contributed by atoms with van der Waals surface area (Å²) in [6, 6.07) is 10.5. The molecule has 0 spiro atoms. The molecule has 0 atom stereocenters. The van der Waals surface area contributed by atoms with E-state index in [1.807, 2.05) is 27.6 Å². The highest BCUT2D eigenvalue weighted by Crippen LogP contribution is 2.41. The molecular weight excluding hydrogens is 410 g/mol. The minimum absolute atomic E-state index is 0.0128. The number of nitrogens with zero attached hydrogens (tertiary/aromatic N) is 4. The van der Waals surface area contributed by atoms with Gasteiger partial charge in [0.25, 0.3) is 0 Å². The number of nitrogens with two attached hydrogens (primary N) is 1. The van der Waals surface area contributed by atoms with Gasteiger partial charge in [0.1, 0.15) is 16.5 Å². The van der Waals surface area contributed by atoms with Crippen molar-refractivity contribution < 1.29 is 9.90 Å². The molecule has 0 aliphatic carbocycles. The van der Waals surface area contributed by atoms with Crippen LogP contribution in [0.1, 0.15) is 23.8 Å². The summed E-state index contributed by atoms with van der Waals surface area (Å²) in [5, 5.41) is 15.7. The SMILES string of the molecule is CCCn1cc(-n2c(N)c(Sc3cccc(C(=O)O)n3)c3ccc(Cl)cc32)cn1. The van der Waals surface area contributed by atoms with Gasteiger partial charge in [0.2, 0.25) is 0 Å². The monoisotopic (exact) mass is 427 g/mol. The topological polar surface area (TPSA) is 99.0 Å². The highest BCUT2D eigenvalue weighted by atomic mass is 35.5. The van der Waals surface area contributed by atoms with Crippen molar-refractivity contribution >= 4 is 46.1 Å². The molecule has 0 aliphatic heterocycles. The van der Waals surface area contributed by atoms with E-state index in [1.54, 1.807) is 24.4 Å². The summed E-state index contributed by atoms with van der Waals surface area (Å²) >= 11 is 7.57. The van der Waals surface area contributed by atoms with Crippen LogP contribution < -0.4 is 5.73 Å². The maximum absolute atomic E-state index is 11.2. The Kier molecular flexibility index (Phi) is 5.21. The van der Waals surface area contributed by atoms with Crippen LogP contribution in [-0.2, 0) is 6.54 Å². The van der Waals surface area contributed by atoms with Crippen molar-refractivity contribution in [3.63, 3.8) is 0 Å². The second-order valence-electron chi connectivity index (χ2n) is 6.44. The number of aromatic nitrogens is 4. The summed E-state index contributed by atoms with van der Waals surface area (Å²) in [5.41, 5.74) is 8.22. The van der Waals surface area contributed by atoms with E-state index in [1.165, 1.54) is 17.8 Å². The molecule has 0 fully saturated rings. The Hall–Kier alpha value is -2.97. The van der Waals surface area contributed by atoms with Crippen LogP contribution in [-0.4, -0.2) is 30.4 Å². The van der Waals surface area contributed by atoms with Crippen molar-refractivity contribution in [1.29, 1.82) is 0 Å². The van der Waals surface area contributed by atoms with Crippen LogP contribution in [0.4, 0.5) is 5.82 Å². The molecule has 7 nitrogen and oxygen atoms in total. The van der Waals surface area contributed by atoms with E-state index < -0.39 is 5.97 Å². The normalized spacial score (nSPS) is 11.2. The average molecular weight is 428 g/mol. The summed E-state index contributed by atoms with van der Waals surface area (Å²) < 4.78 is 3.78. The highest BCUT2D eigenvalue weighted by Gasteiger charge is 2.19. The fraction of sp³-hybridized carbons (Fsp3) is 0.150. The maximum atomic E-state index is 11.2. The van der Waals surface area contributed by atoms with Gasteiger partial charge >= 0.3 is 5.97 Å². The Morgan fingerprint density at radius 2 is 2.14 bits per heavy atom. The van der Waals surface area contributed by atoms with Crippen LogP contribution in [0.15, 0.2) is 58.7 Å². The van der Waals surface area contributed by atoms with Gasteiger partial charge in [0.15, 0.2) is 0 Å². The van der Waals surface area contributed by atoms with E-state index in [0.29, 0.717) is 15.9 Å². The van der Waals surface area contributed by atoms with Crippen molar-refractivity contribution in [3.8, 4) is 5.69 Å². The minimum Gasteiger partial charge on any atom is -0.477 e. The zero-order chi connectivity index (χ0) is 20.5. The predicted molar refractivity (Wildman–Crippen MR) is 114 cm³/mol. The zero-order valence-electron chi connectivity index (χ0n) is 15.5. The van der Waals surface area contributed by atoms with Crippen molar-refractivity contribution in [2.45, 2.75) is 29.8 Å². The molecule has 0 unspecified atom stereocenters. The first-order chi connectivity index (χ1) is 14.0. The second-order valence-corrected chi connectivity index (χ2v) is 7.91. The largest absolute Gasteiger partial charge is 0.477 e. The molecule has 29 heavy (non-hydrogen) atoms. The number of halogens is 1. The molecule has 0 bridgehead atoms. The number of pyridine rings is 1. The zero-order valence-corrected chi connectivity index (χ0v) is 17.1. The molecule has 0 amide bonds. The molecule has 0 aliphatic rings. The van der Waals surface area contributed by atoms with Crippen LogP contribution >= 0.6 is 23.4 Å². The third kappa shape index (κ3) is 3.68. The van der Waals surface area contributed by atoms with E-state index in [0.717, 1.165) is 34.5 Å². The number of hydrogen-bond donors (Lipinski definition) is 2. The van der Waals surface area contributed by atoms with Gasteiger partial charge in [-0.25, -0.2) is 9.78 Å². The summed E-state index contributed by atoms with van der Waals surface area (Å²) in [4.78, 5) is 16.2. The van der Waals surface area contributed by atoms with Gasteiger partial charge in [0, 0.05) is 23.2 Å². The average Bonchev–Trinajstić information content (AvgIpc) is 3.25. The molecule has 0 saturated carbocycles. The lowest BCUT2D eigenvalue weighted by Gasteiger charge is -2.06. The molecular formula is C20H18ClN5O2S. The number of nitrogen functional groups attached to an aromatic ring is 1. The Balaban J connectivity index is 1.85. The van der Waals surface area contributed by atoms with Gasteiger partial charge in [-0.2, -0.15) is 5.10 Å². The lowest BCUT2D eigenvalue weighted by atomic mass is 10.2. The van der Waals surface area contributed by atoms with Gasteiger partial charge in [-0.3, -0.25) is 9.25 Å². The van der Waals surface area contributed by atoms with E-state index in [-0.39, 0.29) is 5.69 Å². The number of carboxylic acid groups (broad SMARTS) is 1. The molecule has 4 aromatic rings. The van der Waals surface area contributed by atoms with Gasteiger partial charge < -0.3 is 10.8 Å². The standard InChI is InChI=1S/C20H18ClN5O2S/c1-2-8-25-11-13(10-23-25)26-16-9-12(21)6-7-14(16)18(19(26)22)29-17-5-3-4-15(24-17)20(27)28/h3-7,9-11H,2,8,22H2,1H3,(H,27,28). The van der Waals surface area contributed by atoms with E-state index >= 15 is 0 Å². The Morgan fingerprint density at radius 1 is 1.31 bits per heavy atom. The predicted octanol–water partition coefficient (Wildman–Crippen LogP) is 4.72. The third-order valence-electron chi connectivity index (χ3n) is 4.40. The summed E-state index contributed by atoms with van der Waals surface area (Å²) in [6.07, 6.45) is 4.68. The van der Waals surface area contributed by atoms with Crippen LogP contribution in [0.2, 0.25) is 5.02 Å². The summed E-state index contributed by atoms with van der Waals surface area (Å²) in [7, 11) is 0. The van der Waals surface area contributed by atoms with Crippen LogP contribution in [0.5, 0.6) is 0 Å². The molecule has 4 rings (SSSR count). The van der Waals surface area contributed by atoms with E-state index in [9.17, 15) is 9.90 Å². The van der Waals surface area contributed by atoms with Crippen molar-refractivity contribution in [3.05, 3.63) is 59.5 Å². The fourth-order valence-electron chi connectivity index (χ4n) is 3.15. The number of carbonyl (C=O) groups is 1. The highest BCUT2D eigenvalue weighted by molar-refractivity contribution is 7.99. The molecule has 3 heterocycles. The Bertz CT molecular complexity index is 1220. The minimum atomic E-state index is -1.07. The quantitative estimate of drug-likeness (QED) is 0.462. The van der Waals surface area contributed by atoms with Gasteiger partial charge in [-0.05, 0) is 30.7 Å². The lowest BCUT2D eigenvalue weighted by Crippen LogP contribution is -2.01. The molecule has 0 saturated heterocycles. The number of aromatic carboxylic acids is 1. The first-order valence-corrected chi connectivity index (χ1v) is 10.2. The summed E-state index contributed by atoms with van der Waals surface area (Å²) in [6.45, 7) is 2.90. The van der Waals surface area contributed by atoms with Crippen molar-refractivity contribution in [1.82, 2.24) is 19.3 Å². The van der Waals surface area contributed by atoms with Gasteiger partial charge in [-0.15, -0.1) is 0 Å². The number of rotatable bonds is 6. The van der Waals surface area contributed by atoms with Gasteiger partial charge in [0.05, 0.1) is 22.3 Å². The molecule has 3 N–H and O–H groups in total. The lowest BCUT2D eigenvalue weighted by molar-refractivity contribution is 0.0689. The number of hydrogen-bond acceptors (Lipinski definition) is 5. The smallest absolute Gasteiger partial charge is 0.354 e.